The zero-order chi connectivity index (χ0) is 17.6. The fraction of sp³-hybridized carbons (Fsp3) is 0.316. The Kier molecular flexibility index (Phi) is 5.28. The zero-order valence-electron chi connectivity index (χ0n) is 14.6. The monoisotopic (exact) mass is 337 g/mol. The van der Waals surface area contributed by atoms with Crippen molar-refractivity contribution in [2.24, 2.45) is 0 Å². The number of hydrogen-bond donors (Lipinski definition) is 1. The van der Waals surface area contributed by atoms with E-state index < -0.39 is 0 Å². The van der Waals surface area contributed by atoms with Crippen LogP contribution in [0, 0.1) is 13.8 Å². The van der Waals surface area contributed by atoms with E-state index in [2.05, 4.69) is 40.6 Å². The molecule has 0 fully saturated rings. The summed E-state index contributed by atoms with van der Waals surface area (Å²) in [6.45, 7) is 5.92. The SMILES string of the molecule is Cc1cc(C)n(Cc2cccc(CNC(=O)CCn3cccn3)c2)n1. The highest BCUT2D eigenvalue weighted by Crippen LogP contribution is 2.10. The van der Waals surface area contributed by atoms with E-state index in [0.29, 0.717) is 19.5 Å². The molecule has 0 bridgehead atoms. The Hall–Kier alpha value is -2.89. The number of aryl methyl sites for hydroxylation is 3. The Labute approximate surface area is 147 Å². The second-order valence-electron chi connectivity index (χ2n) is 6.20. The standard InChI is InChI=1S/C19H23N5O/c1-15-11-16(2)24(22-15)14-18-6-3-5-17(12-18)13-20-19(25)7-10-23-9-4-8-21-23/h3-6,8-9,11-12H,7,10,13-14H2,1-2H3,(H,20,25). The highest BCUT2D eigenvalue weighted by molar-refractivity contribution is 5.75. The molecule has 2 heterocycles. The number of nitrogens with zero attached hydrogens (tertiary/aromatic N) is 4. The predicted octanol–water partition coefficient (Wildman–Crippen LogP) is 2.45. The first-order valence-corrected chi connectivity index (χ1v) is 8.43. The summed E-state index contributed by atoms with van der Waals surface area (Å²) in [6, 6.07) is 12.2. The third kappa shape index (κ3) is 4.79. The van der Waals surface area contributed by atoms with Gasteiger partial charge in [-0.15, -0.1) is 0 Å². The van der Waals surface area contributed by atoms with Crippen molar-refractivity contribution in [2.45, 2.75) is 39.9 Å². The van der Waals surface area contributed by atoms with E-state index in [0.717, 1.165) is 23.5 Å². The van der Waals surface area contributed by atoms with Crippen LogP contribution in [0.15, 0.2) is 48.8 Å². The number of nitrogens with one attached hydrogen (secondary N) is 1. The maximum atomic E-state index is 12.0. The molecule has 0 spiro atoms. The summed E-state index contributed by atoms with van der Waals surface area (Å²) in [6.07, 6.45) is 4.00. The Morgan fingerprint density at radius 2 is 2.00 bits per heavy atom. The van der Waals surface area contributed by atoms with Gasteiger partial charge in [0, 0.05) is 37.6 Å². The molecule has 0 aliphatic carbocycles. The van der Waals surface area contributed by atoms with E-state index in [1.165, 1.54) is 5.56 Å². The quantitative estimate of drug-likeness (QED) is 0.720. The Morgan fingerprint density at radius 1 is 1.16 bits per heavy atom. The van der Waals surface area contributed by atoms with Gasteiger partial charge in [-0.25, -0.2) is 0 Å². The Balaban J connectivity index is 1.52. The molecule has 1 amide bonds. The number of aromatic nitrogens is 4. The first kappa shape index (κ1) is 17.0. The first-order valence-electron chi connectivity index (χ1n) is 8.43. The second kappa shape index (κ2) is 7.79. The third-order valence-corrected chi connectivity index (χ3v) is 4.04. The van der Waals surface area contributed by atoms with Gasteiger partial charge >= 0.3 is 0 Å². The highest BCUT2D eigenvalue weighted by atomic mass is 16.1. The normalized spacial score (nSPS) is 10.8. The van der Waals surface area contributed by atoms with Gasteiger partial charge in [0.15, 0.2) is 0 Å². The summed E-state index contributed by atoms with van der Waals surface area (Å²) in [7, 11) is 0. The van der Waals surface area contributed by atoms with Crippen molar-refractivity contribution in [1.29, 1.82) is 0 Å². The largest absolute Gasteiger partial charge is 0.352 e. The molecular weight excluding hydrogens is 314 g/mol. The van der Waals surface area contributed by atoms with Gasteiger partial charge in [-0.1, -0.05) is 24.3 Å². The van der Waals surface area contributed by atoms with E-state index in [1.54, 1.807) is 10.9 Å². The molecule has 3 aromatic rings. The number of carbonyl (C=O) groups excluding carboxylic acids is 1. The van der Waals surface area contributed by atoms with Crippen LogP contribution in [-0.4, -0.2) is 25.5 Å². The van der Waals surface area contributed by atoms with Crippen molar-refractivity contribution in [2.75, 3.05) is 0 Å². The minimum Gasteiger partial charge on any atom is -0.352 e. The topological polar surface area (TPSA) is 64.7 Å². The van der Waals surface area contributed by atoms with Crippen molar-refractivity contribution >= 4 is 5.91 Å². The average Bonchev–Trinajstić information content (AvgIpc) is 3.21. The lowest BCUT2D eigenvalue weighted by Gasteiger charge is -2.09. The van der Waals surface area contributed by atoms with E-state index in [1.807, 2.05) is 36.0 Å². The summed E-state index contributed by atoms with van der Waals surface area (Å²) in [4.78, 5) is 12.0. The number of carbonyl (C=O) groups is 1. The fourth-order valence-corrected chi connectivity index (χ4v) is 2.78. The van der Waals surface area contributed by atoms with Crippen LogP contribution in [0.3, 0.4) is 0 Å². The van der Waals surface area contributed by atoms with Crippen molar-refractivity contribution in [3.8, 4) is 0 Å². The molecule has 3 rings (SSSR count). The molecule has 25 heavy (non-hydrogen) atoms. The summed E-state index contributed by atoms with van der Waals surface area (Å²) < 4.78 is 3.76. The molecule has 6 heteroatoms. The van der Waals surface area contributed by atoms with Gasteiger partial charge in [0.05, 0.1) is 12.2 Å². The van der Waals surface area contributed by atoms with Crippen molar-refractivity contribution in [1.82, 2.24) is 24.9 Å². The van der Waals surface area contributed by atoms with Gasteiger partial charge in [-0.05, 0) is 37.1 Å². The summed E-state index contributed by atoms with van der Waals surface area (Å²) in [5, 5.41) is 11.6. The van der Waals surface area contributed by atoms with Crippen LogP contribution in [0.5, 0.6) is 0 Å². The van der Waals surface area contributed by atoms with Crippen LogP contribution >= 0.6 is 0 Å². The summed E-state index contributed by atoms with van der Waals surface area (Å²) in [5.74, 6) is 0.0273. The van der Waals surface area contributed by atoms with Crippen molar-refractivity contribution in [3.05, 3.63) is 71.3 Å². The molecule has 0 atom stereocenters. The molecule has 6 nitrogen and oxygen atoms in total. The number of rotatable bonds is 7. The second-order valence-corrected chi connectivity index (χ2v) is 6.20. The van der Waals surface area contributed by atoms with Crippen LogP contribution in [0.1, 0.15) is 28.9 Å². The van der Waals surface area contributed by atoms with E-state index in [4.69, 9.17) is 0 Å². The van der Waals surface area contributed by atoms with E-state index in [-0.39, 0.29) is 5.91 Å². The lowest BCUT2D eigenvalue weighted by molar-refractivity contribution is -0.121. The molecule has 0 aliphatic rings. The maximum absolute atomic E-state index is 12.0. The van der Waals surface area contributed by atoms with Gasteiger partial charge in [0.25, 0.3) is 0 Å². The molecule has 0 unspecified atom stereocenters. The zero-order valence-corrected chi connectivity index (χ0v) is 14.6. The molecule has 2 aromatic heterocycles. The fourth-order valence-electron chi connectivity index (χ4n) is 2.78. The minimum absolute atomic E-state index is 0.0273. The third-order valence-electron chi connectivity index (χ3n) is 4.04. The van der Waals surface area contributed by atoms with E-state index in [9.17, 15) is 4.79 Å². The minimum atomic E-state index is 0.0273. The number of amides is 1. The summed E-state index contributed by atoms with van der Waals surface area (Å²) >= 11 is 0. The molecule has 0 radical (unpaired) electrons. The molecule has 0 saturated heterocycles. The van der Waals surface area contributed by atoms with Crippen LogP contribution in [0.25, 0.3) is 0 Å². The van der Waals surface area contributed by atoms with Crippen molar-refractivity contribution < 1.29 is 4.79 Å². The lowest BCUT2D eigenvalue weighted by Crippen LogP contribution is -2.24. The Morgan fingerprint density at radius 3 is 2.72 bits per heavy atom. The average molecular weight is 337 g/mol. The van der Waals surface area contributed by atoms with Gasteiger partial charge in [0.1, 0.15) is 0 Å². The molecular formula is C19H23N5O. The first-order chi connectivity index (χ1) is 12.1. The molecule has 0 aliphatic heterocycles. The van der Waals surface area contributed by atoms with Gasteiger partial charge < -0.3 is 5.32 Å². The van der Waals surface area contributed by atoms with Crippen LogP contribution < -0.4 is 5.32 Å². The number of benzene rings is 1. The van der Waals surface area contributed by atoms with Crippen LogP contribution in [0.4, 0.5) is 0 Å². The van der Waals surface area contributed by atoms with Gasteiger partial charge in [-0.2, -0.15) is 10.2 Å². The molecule has 1 aromatic carbocycles. The smallest absolute Gasteiger partial charge is 0.222 e. The van der Waals surface area contributed by atoms with Crippen LogP contribution in [-0.2, 0) is 24.4 Å². The number of hydrogen-bond acceptors (Lipinski definition) is 3. The van der Waals surface area contributed by atoms with E-state index >= 15 is 0 Å². The Bertz CT molecular complexity index is 835. The van der Waals surface area contributed by atoms with Gasteiger partial charge in [-0.3, -0.25) is 14.2 Å². The predicted molar refractivity (Wildman–Crippen MR) is 95.9 cm³/mol. The maximum Gasteiger partial charge on any atom is 0.222 e. The molecule has 1 N–H and O–H groups in total. The van der Waals surface area contributed by atoms with Crippen LogP contribution in [0.2, 0.25) is 0 Å². The summed E-state index contributed by atoms with van der Waals surface area (Å²) in [5.41, 5.74) is 4.44. The molecule has 130 valence electrons. The van der Waals surface area contributed by atoms with Gasteiger partial charge in [0.2, 0.25) is 5.91 Å². The lowest BCUT2D eigenvalue weighted by atomic mass is 10.1. The highest BCUT2D eigenvalue weighted by Gasteiger charge is 2.05. The molecule has 0 saturated carbocycles. The van der Waals surface area contributed by atoms with Crippen molar-refractivity contribution in [3.63, 3.8) is 0 Å².